The first-order chi connectivity index (χ1) is 8.06. The Morgan fingerprint density at radius 2 is 1.76 bits per heavy atom. The zero-order valence-electron chi connectivity index (χ0n) is 11.0. The first-order valence-corrected chi connectivity index (χ1v) is 6.04. The molecular weight excluding hydrogens is 214 g/mol. The van der Waals surface area contributed by atoms with Crippen LogP contribution in [-0.2, 0) is 5.41 Å². The third kappa shape index (κ3) is 1.78. The first kappa shape index (κ1) is 12.2. The number of benzene rings is 1. The summed E-state index contributed by atoms with van der Waals surface area (Å²) < 4.78 is 11.0. The van der Waals surface area contributed by atoms with Gasteiger partial charge in [-0.05, 0) is 32.3 Å². The van der Waals surface area contributed by atoms with E-state index in [0.29, 0.717) is 0 Å². The molecule has 0 heterocycles. The number of ether oxygens (including phenoxy) is 2. The molecule has 0 amide bonds. The molecule has 2 N–H and O–H groups in total. The third-order valence-electron chi connectivity index (χ3n) is 3.91. The molecule has 1 saturated carbocycles. The van der Waals surface area contributed by atoms with Crippen LogP contribution >= 0.6 is 0 Å². The van der Waals surface area contributed by atoms with E-state index in [4.69, 9.17) is 15.2 Å². The number of hydrogen-bond acceptors (Lipinski definition) is 3. The second kappa shape index (κ2) is 4.22. The molecule has 94 valence electrons. The molecule has 17 heavy (non-hydrogen) atoms. The molecule has 0 bridgehead atoms. The van der Waals surface area contributed by atoms with Gasteiger partial charge in [-0.15, -0.1) is 0 Å². The molecule has 1 aromatic rings. The highest BCUT2D eigenvalue weighted by atomic mass is 16.5. The molecule has 1 aromatic carbocycles. The Hall–Kier alpha value is -1.22. The summed E-state index contributed by atoms with van der Waals surface area (Å²) >= 11 is 0. The summed E-state index contributed by atoms with van der Waals surface area (Å²) in [6, 6.07) is 4.36. The van der Waals surface area contributed by atoms with Crippen molar-refractivity contribution in [2.45, 2.75) is 38.1 Å². The molecule has 3 nitrogen and oxygen atoms in total. The average molecular weight is 235 g/mol. The minimum absolute atomic E-state index is 0.0896. The van der Waals surface area contributed by atoms with Crippen molar-refractivity contribution in [1.82, 2.24) is 0 Å². The van der Waals surface area contributed by atoms with Gasteiger partial charge in [0.15, 0.2) is 11.5 Å². The Labute approximate surface area is 103 Å². The van der Waals surface area contributed by atoms with Gasteiger partial charge in [0.05, 0.1) is 14.2 Å². The first-order valence-electron chi connectivity index (χ1n) is 6.04. The van der Waals surface area contributed by atoms with Gasteiger partial charge in [-0.2, -0.15) is 0 Å². The molecule has 1 atom stereocenters. The van der Waals surface area contributed by atoms with Gasteiger partial charge in [-0.3, -0.25) is 0 Å². The summed E-state index contributed by atoms with van der Waals surface area (Å²) in [7, 11) is 3.37. The van der Waals surface area contributed by atoms with Crippen LogP contribution in [-0.4, -0.2) is 20.3 Å². The smallest absolute Gasteiger partial charge is 0.164 e. The van der Waals surface area contributed by atoms with E-state index in [9.17, 15) is 0 Å². The molecule has 1 fully saturated rings. The van der Waals surface area contributed by atoms with E-state index < -0.39 is 0 Å². The van der Waals surface area contributed by atoms with Crippen LogP contribution in [0.3, 0.4) is 0 Å². The number of hydrogen-bond donors (Lipinski definition) is 1. The SMILES string of the molecule is COc1c(C)ccc(C2(C(C)N)CC2)c1OC. The molecule has 0 aromatic heterocycles. The number of rotatable bonds is 4. The summed E-state index contributed by atoms with van der Waals surface area (Å²) in [5.41, 5.74) is 8.49. The summed E-state index contributed by atoms with van der Waals surface area (Å²) in [5, 5.41) is 0. The predicted molar refractivity (Wildman–Crippen MR) is 68.8 cm³/mol. The van der Waals surface area contributed by atoms with E-state index in [1.165, 1.54) is 5.56 Å². The summed E-state index contributed by atoms with van der Waals surface area (Å²) in [4.78, 5) is 0. The van der Waals surface area contributed by atoms with Crippen molar-refractivity contribution in [3.8, 4) is 11.5 Å². The second-order valence-electron chi connectivity index (χ2n) is 4.94. The van der Waals surface area contributed by atoms with Crippen LogP contribution in [0.5, 0.6) is 11.5 Å². The van der Waals surface area contributed by atoms with E-state index >= 15 is 0 Å². The van der Waals surface area contributed by atoms with Crippen LogP contribution in [0.2, 0.25) is 0 Å². The van der Waals surface area contributed by atoms with Crippen molar-refractivity contribution >= 4 is 0 Å². The maximum Gasteiger partial charge on any atom is 0.164 e. The Bertz CT molecular complexity index is 422. The molecule has 0 radical (unpaired) electrons. The highest BCUT2D eigenvalue weighted by Crippen LogP contribution is 2.55. The molecule has 1 aliphatic rings. The van der Waals surface area contributed by atoms with Crippen LogP contribution in [0.25, 0.3) is 0 Å². The van der Waals surface area contributed by atoms with Crippen LogP contribution in [0.4, 0.5) is 0 Å². The Morgan fingerprint density at radius 3 is 2.18 bits per heavy atom. The zero-order chi connectivity index (χ0) is 12.6. The average Bonchev–Trinajstić information content (AvgIpc) is 3.09. The minimum atomic E-state index is 0.0896. The lowest BCUT2D eigenvalue weighted by molar-refractivity contribution is 0.344. The summed E-state index contributed by atoms with van der Waals surface area (Å²) in [6.07, 6.45) is 2.26. The van der Waals surface area contributed by atoms with Gasteiger partial charge >= 0.3 is 0 Å². The maximum absolute atomic E-state index is 6.12. The van der Waals surface area contributed by atoms with E-state index in [0.717, 1.165) is 29.9 Å². The predicted octanol–water partition coefficient (Wildman–Crippen LogP) is 2.39. The lowest BCUT2D eigenvalue weighted by Crippen LogP contribution is -2.32. The van der Waals surface area contributed by atoms with Crippen molar-refractivity contribution in [2.75, 3.05) is 14.2 Å². The minimum Gasteiger partial charge on any atom is -0.493 e. The van der Waals surface area contributed by atoms with Crippen molar-refractivity contribution in [1.29, 1.82) is 0 Å². The summed E-state index contributed by atoms with van der Waals surface area (Å²) in [5.74, 6) is 1.68. The number of nitrogens with two attached hydrogens (primary N) is 1. The number of aryl methyl sites for hydroxylation is 1. The second-order valence-corrected chi connectivity index (χ2v) is 4.94. The monoisotopic (exact) mass is 235 g/mol. The quantitative estimate of drug-likeness (QED) is 0.871. The molecular formula is C14H21NO2. The fourth-order valence-corrected chi connectivity index (χ4v) is 2.61. The van der Waals surface area contributed by atoms with E-state index in [-0.39, 0.29) is 11.5 Å². The van der Waals surface area contributed by atoms with Crippen molar-refractivity contribution < 1.29 is 9.47 Å². The summed E-state index contributed by atoms with van der Waals surface area (Å²) in [6.45, 7) is 4.09. The fraction of sp³-hybridized carbons (Fsp3) is 0.571. The van der Waals surface area contributed by atoms with E-state index in [1.807, 2.05) is 6.92 Å². The maximum atomic E-state index is 6.12. The van der Waals surface area contributed by atoms with Crippen molar-refractivity contribution in [3.63, 3.8) is 0 Å². The lowest BCUT2D eigenvalue weighted by Gasteiger charge is -2.24. The Balaban J connectivity index is 2.55. The molecule has 0 saturated heterocycles. The Kier molecular flexibility index (Phi) is 3.04. The topological polar surface area (TPSA) is 44.5 Å². The standard InChI is InChI=1S/C14H21NO2/c1-9-5-6-11(13(17-4)12(9)16-3)14(7-8-14)10(2)15/h5-6,10H,7-8,15H2,1-4H3. The van der Waals surface area contributed by atoms with Crippen LogP contribution in [0.15, 0.2) is 12.1 Å². The van der Waals surface area contributed by atoms with E-state index in [2.05, 4.69) is 19.1 Å². The fourth-order valence-electron chi connectivity index (χ4n) is 2.61. The van der Waals surface area contributed by atoms with Crippen LogP contribution < -0.4 is 15.2 Å². The zero-order valence-corrected chi connectivity index (χ0v) is 11.0. The van der Waals surface area contributed by atoms with Gasteiger partial charge < -0.3 is 15.2 Å². The van der Waals surface area contributed by atoms with Gasteiger partial charge in [0, 0.05) is 17.0 Å². The van der Waals surface area contributed by atoms with Crippen molar-refractivity contribution in [3.05, 3.63) is 23.3 Å². The highest BCUT2D eigenvalue weighted by molar-refractivity contribution is 5.56. The van der Waals surface area contributed by atoms with Gasteiger partial charge in [-0.1, -0.05) is 12.1 Å². The van der Waals surface area contributed by atoms with Crippen LogP contribution in [0.1, 0.15) is 30.9 Å². The molecule has 1 aliphatic carbocycles. The molecule has 1 unspecified atom stereocenters. The lowest BCUT2D eigenvalue weighted by atomic mass is 9.88. The normalized spacial score (nSPS) is 18.6. The van der Waals surface area contributed by atoms with Crippen molar-refractivity contribution in [2.24, 2.45) is 5.73 Å². The van der Waals surface area contributed by atoms with Crippen LogP contribution in [0, 0.1) is 6.92 Å². The van der Waals surface area contributed by atoms with Gasteiger partial charge in [0.25, 0.3) is 0 Å². The van der Waals surface area contributed by atoms with Gasteiger partial charge in [0.1, 0.15) is 0 Å². The van der Waals surface area contributed by atoms with E-state index in [1.54, 1.807) is 14.2 Å². The van der Waals surface area contributed by atoms with Gasteiger partial charge in [-0.25, -0.2) is 0 Å². The highest BCUT2D eigenvalue weighted by Gasteiger charge is 2.49. The number of methoxy groups -OCH3 is 2. The molecule has 0 aliphatic heterocycles. The Morgan fingerprint density at radius 1 is 1.18 bits per heavy atom. The molecule has 0 spiro atoms. The molecule has 2 rings (SSSR count). The van der Waals surface area contributed by atoms with Gasteiger partial charge in [0.2, 0.25) is 0 Å². The third-order valence-corrected chi connectivity index (χ3v) is 3.91. The largest absolute Gasteiger partial charge is 0.493 e. The molecule has 3 heteroatoms.